The van der Waals surface area contributed by atoms with E-state index in [-0.39, 0.29) is 5.91 Å². The van der Waals surface area contributed by atoms with Crippen LogP contribution in [0.5, 0.6) is 0 Å². The number of aryl methyl sites for hydroxylation is 2. The maximum Gasteiger partial charge on any atom is 0.225 e. The first-order chi connectivity index (χ1) is 11.6. The van der Waals surface area contributed by atoms with E-state index in [9.17, 15) is 4.79 Å². The maximum atomic E-state index is 11.9. The van der Waals surface area contributed by atoms with Crippen molar-refractivity contribution in [1.82, 2.24) is 10.2 Å². The van der Waals surface area contributed by atoms with Crippen LogP contribution in [0.25, 0.3) is 22.0 Å². The number of carbonyl (C=O) groups excluding carboxylic acids is 1. The van der Waals surface area contributed by atoms with Crippen LogP contribution in [0.3, 0.4) is 0 Å². The number of unbranched alkanes of at least 4 members (excludes halogenated alkanes) is 1. The summed E-state index contributed by atoms with van der Waals surface area (Å²) in [7, 11) is 0. The highest BCUT2D eigenvalue weighted by Gasteiger charge is 2.11. The number of benzene rings is 2. The van der Waals surface area contributed by atoms with Gasteiger partial charge in [-0.05, 0) is 54.7 Å². The fourth-order valence-corrected chi connectivity index (χ4v) is 3.07. The van der Waals surface area contributed by atoms with Crippen LogP contribution in [0.2, 0.25) is 0 Å². The van der Waals surface area contributed by atoms with Crippen molar-refractivity contribution < 1.29 is 4.79 Å². The first-order valence-electron chi connectivity index (χ1n) is 8.44. The van der Waals surface area contributed by atoms with Gasteiger partial charge in [0.1, 0.15) is 0 Å². The molecule has 0 saturated heterocycles. The summed E-state index contributed by atoms with van der Waals surface area (Å²) >= 11 is 0. The van der Waals surface area contributed by atoms with Gasteiger partial charge in [-0.25, -0.2) is 0 Å². The Hall–Kier alpha value is -2.62. The zero-order valence-corrected chi connectivity index (χ0v) is 14.4. The molecule has 0 aliphatic heterocycles. The molecule has 0 radical (unpaired) electrons. The van der Waals surface area contributed by atoms with E-state index in [4.69, 9.17) is 0 Å². The van der Waals surface area contributed by atoms with Crippen LogP contribution in [0.4, 0.5) is 5.82 Å². The molecule has 2 N–H and O–H groups in total. The van der Waals surface area contributed by atoms with Gasteiger partial charge in [0.2, 0.25) is 5.91 Å². The van der Waals surface area contributed by atoms with Crippen molar-refractivity contribution >= 4 is 22.6 Å². The fraction of sp³-hybridized carbons (Fsp3) is 0.300. The van der Waals surface area contributed by atoms with Crippen LogP contribution < -0.4 is 5.32 Å². The second kappa shape index (κ2) is 6.87. The lowest BCUT2D eigenvalue weighted by Crippen LogP contribution is -2.11. The zero-order chi connectivity index (χ0) is 17.1. The van der Waals surface area contributed by atoms with Gasteiger partial charge in [0.05, 0.1) is 5.52 Å². The number of H-pyrrole nitrogens is 1. The van der Waals surface area contributed by atoms with E-state index < -0.39 is 0 Å². The minimum Gasteiger partial charge on any atom is -0.309 e. The van der Waals surface area contributed by atoms with E-state index in [0.717, 1.165) is 29.3 Å². The third kappa shape index (κ3) is 3.18. The van der Waals surface area contributed by atoms with Gasteiger partial charge in [-0.1, -0.05) is 37.6 Å². The highest BCUT2D eigenvalue weighted by atomic mass is 16.1. The van der Waals surface area contributed by atoms with Gasteiger partial charge in [0.15, 0.2) is 5.82 Å². The van der Waals surface area contributed by atoms with Gasteiger partial charge in [-0.15, -0.1) is 0 Å². The van der Waals surface area contributed by atoms with Crippen LogP contribution in [0, 0.1) is 13.8 Å². The average Bonchev–Trinajstić information content (AvgIpc) is 2.95. The van der Waals surface area contributed by atoms with Gasteiger partial charge in [-0.3, -0.25) is 9.89 Å². The number of amides is 1. The Kier molecular flexibility index (Phi) is 4.65. The van der Waals surface area contributed by atoms with E-state index in [0.29, 0.717) is 12.2 Å². The number of rotatable bonds is 5. The van der Waals surface area contributed by atoms with Crippen molar-refractivity contribution in [3.8, 4) is 11.1 Å². The molecule has 0 aliphatic rings. The number of aromatic nitrogens is 2. The molecule has 2 aromatic carbocycles. The van der Waals surface area contributed by atoms with Crippen LogP contribution >= 0.6 is 0 Å². The number of anilines is 1. The molecule has 0 unspecified atom stereocenters. The van der Waals surface area contributed by atoms with Crippen molar-refractivity contribution in [2.75, 3.05) is 5.32 Å². The highest BCUT2D eigenvalue weighted by Crippen LogP contribution is 2.31. The molecule has 1 heterocycles. The first kappa shape index (κ1) is 16.2. The normalized spacial score (nSPS) is 11.0. The molecule has 0 fully saturated rings. The molecular formula is C20H23N3O. The lowest BCUT2D eigenvalue weighted by Gasteiger charge is -2.10. The number of hydrogen-bond acceptors (Lipinski definition) is 2. The quantitative estimate of drug-likeness (QED) is 0.696. The van der Waals surface area contributed by atoms with Crippen molar-refractivity contribution in [2.24, 2.45) is 0 Å². The lowest BCUT2D eigenvalue weighted by atomic mass is 9.95. The zero-order valence-electron chi connectivity index (χ0n) is 14.4. The molecule has 4 heteroatoms. The minimum atomic E-state index is 0.0177. The largest absolute Gasteiger partial charge is 0.309 e. The molecule has 0 aliphatic carbocycles. The van der Waals surface area contributed by atoms with Crippen molar-refractivity contribution in [3.05, 3.63) is 47.5 Å². The topological polar surface area (TPSA) is 57.8 Å². The molecule has 0 spiro atoms. The summed E-state index contributed by atoms with van der Waals surface area (Å²) in [5, 5.41) is 11.1. The third-order valence-corrected chi connectivity index (χ3v) is 4.35. The van der Waals surface area contributed by atoms with Crippen molar-refractivity contribution in [1.29, 1.82) is 0 Å². The summed E-state index contributed by atoms with van der Waals surface area (Å²) in [5.41, 5.74) is 5.85. The molecule has 0 bridgehead atoms. The Bertz CT molecular complexity index is 859. The van der Waals surface area contributed by atoms with Crippen LogP contribution in [0.1, 0.15) is 37.3 Å². The molecule has 0 atom stereocenters. The van der Waals surface area contributed by atoms with Gasteiger partial charge < -0.3 is 5.32 Å². The minimum absolute atomic E-state index is 0.0177. The molecule has 1 amide bonds. The predicted octanol–water partition coefficient (Wildman–Crippen LogP) is 4.98. The predicted molar refractivity (Wildman–Crippen MR) is 99.2 cm³/mol. The molecule has 1 aromatic heterocycles. The highest BCUT2D eigenvalue weighted by molar-refractivity contribution is 6.00. The van der Waals surface area contributed by atoms with Crippen molar-refractivity contribution in [3.63, 3.8) is 0 Å². The standard InChI is InChI=1S/C20H23N3O/c1-4-5-9-18(24)21-20-16-11-10-15(12-17(16)22-23-20)19-13(2)7-6-8-14(19)3/h6-8,10-12H,4-5,9H2,1-3H3,(H2,21,22,23,24). The van der Waals surface area contributed by atoms with E-state index >= 15 is 0 Å². The number of hydrogen-bond donors (Lipinski definition) is 2. The number of nitrogens with zero attached hydrogens (tertiary/aromatic N) is 1. The molecule has 3 aromatic rings. The first-order valence-corrected chi connectivity index (χ1v) is 8.44. The Labute approximate surface area is 142 Å². The van der Waals surface area contributed by atoms with Crippen molar-refractivity contribution in [2.45, 2.75) is 40.0 Å². The summed E-state index contributed by atoms with van der Waals surface area (Å²) in [6, 6.07) is 12.5. The molecule has 24 heavy (non-hydrogen) atoms. The summed E-state index contributed by atoms with van der Waals surface area (Å²) in [4.78, 5) is 11.9. The third-order valence-electron chi connectivity index (χ3n) is 4.35. The van der Waals surface area contributed by atoms with Crippen LogP contribution in [-0.2, 0) is 4.79 Å². The maximum absolute atomic E-state index is 11.9. The van der Waals surface area contributed by atoms with Gasteiger partial charge in [0.25, 0.3) is 0 Å². The molecular weight excluding hydrogens is 298 g/mol. The Morgan fingerprint density at radius 1 is 1.17 bits per heavy atom. The molecule has 4 nitrogen and oxygen atoms in total. The monoisotopic (exact) mass is 321 g/mol. The average molecular weight is 321 g/mol. The van der Waals surface area contributed by atoms with Gasteiger partial charge >= 0.3 is 0 Å². The Morgan fingerprint density at radius 2 is 1.92 bits per heavy atom. The summed E-state index contributed by atoms with van der Waals surface area (Å²) in [5.74, 6) is 0.628. The fourth-order valence-electron chi connectivity index (χ4n) is 3.07. The number of fused-ring (bicyclic) bond motifs is 1. The summed E-state index contributed by atoms with van der Waals surface area (Å²) in [6.45, 7) is 6.32. The smallest absolute Gasteiger partial charge is 0.225 e. The number of carbonyl (C=O) groups is 1. The Balaban J connectivity index is 1.93. The molecule has 3 rings (SSSR count). The SMILES string of the molecule is CCCCC(=O)Nc1n[nH]c2cc(-c3c(C)cccc3C)ccc12. The van der Waals surface area contributed by atoms with E-state index in [1.54, 1.807) is 0 Å². The number of aromatic amines is 1. The second-order valence-electron chi connectivity index (χ2n) is 6.25. The summed E-state index contributed by atoms with van der Waals surface area (Å²) in [6.07, 6.45) is 2.43. The second-order valence-corrected chi connectivity index (χ2v) is 6.25. The van der Waals surface area contributed by atoms with E-state index in [1.807, 2.05) is 6.07 Å². The lowest BCUT2D eigenvalue weighted by molar-refractivity contribution is -0.116. The Morgan fingerprint density at radius 3 is 2.62 bits per heavy atom. The van der Waals surface area contributed by atoms with E-state index in [2.05, 4.69) is 66.6 Å². The molecule has 124 valence electrons. The van der Waals surface area contributed by atoms with E-state index in [1.165, 1.54) is 16.7 Å². The number of nitrogens with one attached hydrogen (secondary N) is 2. The van der Waals surface area contributed by atoms with Crippen LogP contribution in [0.15, 0.2) is 36.4 Å². The van der Waals surface area contributed by atoms with Crippen LogP contribution in [-0.4, -0.2) is 16.1 Å². The van der Waals surface area contributed by atoms with Gasteiger partial charge in [0, 0.05) is 11.8 Å². The summed E-state index contributed by atoms with van der Waals surface area (Å²) < 4.78 is 0. The van der Waals surface area contributed by atoms with Gasteiger partial charge in [-0.2, -0.15) is 5.10 Å². The molecule has 0 saturated carbocycles.